The summed E-state index contributed by atoms with van der Waals surface area (Å²) in [7, 11) is 0. The van der Waals surface area contributed by atoms with Crippen LogP contribution in [0.15, 0.2) is 47.6 Å². The van der Waals surface area contributed by atoms with E-state index >= 15 is 0 Å². The maximum atomic E-state index is 13.9. The van der Waals surface area contributed by atoms with Crippen LogP contribution in [0.2, 0.25) is 0 Å². The van der Waals surface area contributed by atoms with E-state index in [1.54, 1.807) is 12.1 Å². The molecule has 1 atom stereocenters. The molecule has 0 bridgehead atoms. The lowest BCUT2D eigenvalue weighted by Gasteiger charge is -2.20. The third kappa shape index (κ3) is 2.62. The first kappa shape index (κ1) is 14.4. The molecular weight excluding hydrogens is 286 g/mol. The highest BCUT2D eigenvalue weighted by Crippen LogP contribution is 2.33. The number of carbonyl (C=O) groups excluding carboxylic acids is 1. The number of nitrogens with zero attached hydrogens (tertiary/aromatic N) is 2. The Balaban J connectivity index is 2.00. The van der Waals surface area contributed by atoms with Gasteiger partial charge in [-0.3, -0.25) is 4.79 Å². The van der Waals surface area contributed by atoms with Gasteiger partial charge in [-0.15, -0.1) is 0 Å². The molecule has 111 valence electrons. The summed E-state index contributed by atoms with van der Waals surface area (Å²) >= 11 is 0. The summed E-state index contributed by atoms with van der Waals surface area (Å²) in [5.41, 5.74) is 1.31. The molecule has 0 saturated heterocycles. The van der Waals surface area contributed by atoms with Gasteiger partial charge in [0.1, 0.15) is 11.6 Å². The number of hydrogen-bond acceptors (Lipinski definition) is 2. The maximum absolute atomic E-state index is 13.9. The monoisotopic (exact) mass is 299 g/mol. The molecule has 1 heterocycles. The fourth-order valence-electron chi connectivity index (χ4n) is 2.56. The van der Waals surface area contributed by atoms with Gasteiger partial charge in [-0.05, 0) is 35.9 Å². The van der Waals surface area contributed by atoms with Crippen molar-refractivity contribution in [2.45, 2.75) is 19.4 Å². The average molecular weight is 299 g/mol. The number of hydrazone groups is 1. The van der Waals surface area contributed by atoms with E-state index in [4.69, 9.17) is 0 Å². The van der Waals surface area contributed by atoms with Crippen molar-refractivity contribution in [2.24, 2.45) is 5.10 Å². The van der Waals surface area contributed by atoms with Crippen LogP contribution >= 0.6 is 0 Å². The molecular formula is C17H13F2N2O. The molecule has 3 nitrogen and oxygen atoms in total. The molecule has 22 heavy (non-hydrogen) atoms. The molecule has 0 fully saturated rings. The zero-order valence-corrected chi connectivity index (χ0v) is 11.9. The molecule has 3 rings (SSSR count). The van der Waals surface area contributed by atoms with Gasteiger partial charge in [-0.1, -0.05) is 18.2 Å². The molecule has 1 amide bonds. The Hall–Kier alpha value is -2.56. The fraction of sp³-hybridized carbons (Fsp3) is 0.176. The summed E-state index contributed by atoms with van der Waals surface area (Å²) in [5, 5.41) is 5.51. The molecule has 0 aliphatic carbocycles. The van der Waals surface area contributed by atoms with Gasteiger partial charge < -0.3 is 0 Å². The zero-order valence-electron chi connectivity index (χ0n) is 11.9. The predicted octanol–water partition coefficient (Wildman–Crippen LogP) is 3.46. The topological polar surface area (TPSA) is 32.7 Å². The standard InChI is InChI=1S/C17H13F2N2O/c1-11(22)21-17(12-5-3-2-4-6-12)10-16(20-21)14-9-13(18)7-8-15(14)19/h2-3,5-9,17H,10H2,1H3. The lowest BCUT2D eigenvalue weighted by atomic mass is 9.98. The second-order valence-electron chi connectivity index (χ2n) is 5.09. The van der Waals surface area contributed by atoms with E-state index in [1.165, 1.54) is 11.9 Å². The molecule has 1 radical (unpaired) electrons. The number of rotatable bonds is 2. The average Bonchev–Trinajstić information content (AvgIpc) is 2.96. The van der Waals surface area contributed by atoms with Crippen LogP contribution in [0.25, 0.3) is 0 Å². The number of benzene rings is 2. The molecule has 1 aliphatic heterocycles. The maximum Gasteiger partial charge on any atom is 0.240 e. The molecule has 1 unspecified atom stereocenters. The van der Waals surface area contributed by atoms with E-state index in [1.807, 2.05) is 12.1 Å². The Morgan fingerprint density at radius 1 is 1.36 bits per heavy atom. The molecule has 2 aromatic rings. The Morgan fingerprint density at radius 3 is 2.86 bits per heavy atom. The second-order valence-corrected chi connectivity index (χ2v) is 5.09. The third-order valence-corrected chi connectivity index (χ3v) is 3.59. The summed E-state index contributed by atoms with van der Waals surface area (Å²) in [5.74, 6) is -1.34. The summed E-state index contributed by atoms with van der Waals surface area (Å²) in [6.07, 6.45) is 0.331. The van der Waals surface area contributed by atoms with Crippen molar-refractivity contribution in [3.63, 3.8) is 0 Å². The van der Waals surface area contributed by atoms with Crippen LogP contribution in [-0.2, 0) is 4.79 Å². The second kappa shape index (κ2) is 5.67. The number of hydrogen-bond donors (Lipinski definition) is 0. The van der Waals surface area contributed by atoms with Gasteiger partial charge >= 0.3 is 0 Å². The number of carbonyl (C=O) groups is 1. The summed E-state index contributed by atoms with van der Waals surface area (Å²) in [6.45, 7) is 1.40. The van der Waals surface area contributed by atoms with Crippen LogP contribution in [0.5, 0.6) is 0 Å². The predicted molar refractivity (Wildman–Crippen MR) is 78.1 cm³/mol. The van der Waals surface area contributed by atoms with Crippen LogP contribution in [0.3, 0.4) is 0 Å². The van der Waals surface area contributed by atoms with Crippen molar-refractivity contribution >= 4 is 11.6 Å². The van der Waals surface area contributed by atoms with Gasteiger partial charge in [-0.25, -0.2) is 13.8 Å². The molecule has 0 aromatic heterocycles. The van der Waals surface area contributed by atoms with Crippen molar-refractivity contribution in [1.29, 1.82) is 0 Å². The molecule has 0 N–H and O–H groups in total. The lowest BCUT2D eigenvalue weighted by molar-refractivity contribution is -0.130. The van der Waals surface area contributed by atoms with Crippen LogP contribution in [0.4, 0.5) is 8.78 Å². The van der Waals surface area contributed by atoms with Crippen LogP contribution in [0, 0.1) is 17.7 Å². The molecule has 0 saturated carbocycles. The van der Waals surface area contributed by atoms with Gasteiger partial charge in [0.15, 0.2) is 0 Å². The minimum Gasteiger partial charge on any atom is -0.273 e. The molecule has 2 aromatic carbocycles. The smallest absolute Gasteiger partial charge is 0.240 e. The highest BCUT2D eigenvalue weighted by Gasteiger charge is 2.32. The van der Waals surface area contributed by atoms with E-state index < -0.39 is 11.6 Å². The van der Waals surface area contributed by atoms with Gasteiger partial charge in [-0.2, -0.15) is 5.10 Å². The van der Waals surface area contributed by atoms with Gasteiger partial charge in [0.25, 0.3) is 0 Å². The van der Waals surface area contributed by atoms with Crippen LogP contribution < -0.4 is 0 Å². The van der Waals surface area contributed by atoms with Crippen molar-refractivity contribution in [2.75, 3.05) is 0 Å². The van der Waals surface area contributed by atoms with Crippen molar-refractivity contribution in [1.82, 2.24) is 5.01 Å². The SMILES string of the molecule is CC(=O)N1N=C(c2cc(F)ccc2F)CC1c1c[c]ccc1. The first-order valence-electron chi connectivity index (χ1n) is 6.85. The third-order valence-electron chi connectivity index (χ3n) is 3.59. The van der Waals surface area contributed by atoms with Crippen LogP contribution in [-0.4, -0.2) is 16.6 Å². The normalized spacial score (nSPS) is 17.5. The lowest BCUT2D eigenvalue weighted by Crippen LogP contribution is -2.24. The first-order valence-corrected chi connectivity index (χ1v) is 6.85. The quantitative estimate of drug-likeness (QED) is 0.836. The van der Waals surface area contributed by atoms with Crippen LogP contribution in [0.1, 0.15) is 30.5 Å². The highest BCUT2D eigenvalue weighted by atomic mass is 19.1. The van der Waals surface area contributed by atoms with E-state index in [2.05, 4.69) is 11.2 Å². The Labute approximate surface area is 126 Å². The summed E-state index contributed by atoms with van der Waals surface area (Å²) in [6, 6.07) is 13.0. The first-order chi connectivity index (χ1) is 10.6. The summed E-state index contributed by atoms with van der Waals surface area (Å²) in [4.78, 5) is 11.8. The van der Waals surface area contributed by atoms with Gasteiger partial charge in [0.2, 0.25) is 5.91 Å². The minimum absolute atomic E-state index is 0.0914. The van der Waals surface area contributed by atoms with Crippen molar-refractivity contribution < 1.29 is 13.6 Å². The van der Waals surface area contributed by atoms with Gasteiger partial charge in [0, 0.05) is 18.9 Å². The summed E-state index contributed by atoms with van der Waals surface area (Å²) < 4.78 is 27.3. The fourth-order valence-corrected chi connectivity index (χ4v) is 2.56. The van der Waals surface area contributed by atoms with E-state index in [9.17, 15) is 13.6 Å². The Kier molecular flexibility index (Phi) is 3.71. The Bertz CT molecular complexity index is 744. The number of amides is 1. The van der Waals surface area contributed by atoms with Crippen molar-refractivity contribution in [3.8, 4) is 0 Å². The van der Waals surface area contributed by atoms with E-state index in [0.717, 1.165) is 23.8 Å². The van der Waals surface area contributed by atoms with Gasteiger partial charge in [0.05, 0.1) is 11.8 Å². The van der Waals surface area contributed by atoms with E-state index in [0.29, 0.717) is 12.1 Å². The highest BCUT2D eigenvalue weighted by molar-refractivity contribution is 6.03. The zero-order chi connectivity index (χ0) is 15.7. The largest absolute Gasteiger partial charge is 0.273 e. The van der Waals surface area contributed by atoms with E-state index in [-0.39, 0.29) is 17.5 Å². The molecule has 1 aliphatic rings. The Morgan fingerprint density at radius 2 is 2.18 bits per heavy atom. The minimum atomic E-state index is -0.552. The van der Waals surface area contributed by atoms with Crippen molar-refractivity contribution in [3.05, 3.63) is 71.3 Å². The molecule has 0 spiro atoms. The number of halogens is 2. The molecule has 5 heteroatoms.